The third kappa shape index (κ3) is 2.50. The van der Waals surface area contributed by atoms with Gasteiger partial charge in [-0.15, -0.1) is 0 Å². The van der Waals surface area contributed by atoms with Crippen LogP contribution in [0.1, 0.15) is 17.7 Å². The van der Waals surface area contributed by atoms with Crippen molar-refractivity contribution < 1.29 is 4.74 Å². The van der Waals surface area contributed by atoms with E-state index < -0.39 is 0 Å². The number of fused-ring (bicyclic) bond motifs is 1. The molecule has 0 saturated carbocycles. The number of aryl methyl sites for hydroxylation is 1. The number of hydrogen-bond donors (Lipinski definition) is 1. The van der Waals surface area contributed by atoms with E-state index in [-0.39, 0.29) is 0 Å². The van der Waals surface area contributed by atoms with E-state index in [9.17, 15) is 0 Å². The van der Waals surface area contributed by atoms with Gasteiger partial charge in [-0.3, -0.25) is 9.98 Å². The molecule has 3 heterocycles. The molecule has 1 saturated heterocycles. The van der Waals surface area contributed by atoms with Crippen molar-refractivity contribution in [2.45, 2.75) is 19.4 Å². The van der Waals surface area contributed by atoms with Crippen molar-refractivity contribution >= 4 is 28.4 Å². The maximum atomic E-state index is 5.46. The molecule has 1 aromatic heterocycles. The number of anilines is 1. The van der Waals surface area contributed by atoms with E-state index in [1.165, 1.54) is 16.5 Å². The lowest BCUT2D eigenvalue weighted by Gasteiger charge is -2.15. The largest absolute Gasteiger partial charge is 0.379 e. The first-order valence-electron chi connectivity index (χ1n) is 7.75. The van der Waals surface area contributed by atoms with Crippen molar-refractivity contribution in [2.24, 2.45) is 4.99 Å². The Hall–Kier alpha value is -2.20. The fourth-order valence-electron chi connectivity index (χ4n) is 3.08. The number of aliphatic imine (C=N–C) groups is 1. The molecular weight excluding hydrogens is 274 g/mol. The lowest BCUT2D eigenvalue weighted by molar-refractivity contribution is 0.195. The molecular formula is C18H19N3O. The number of allylic oxidation sites excluding steroid dienone is 1. The second-order valence-corrected chi connectivity index (χ2v) is 5.93. The van der Waals surface area contributed by atoms with Crippen LogP contribution >= 0.6 is 0 Å². The predicted molar refractivity (Wildman–Crippen MR) is 90.7 cm³/mol. The molecule has 0 aliphatic carbocycles. The van der Waals surface area contributed by atoms with Crippen LogP contribution in [0.25, 0.3) is 16.5 Å². The van der Waals surface area contributed by atoms with Gasteiger partial charge in [0.25, 0.3) is 0 Å². The number of benzene rings is 1. The van der Waals surface area contributed by atoms with Gasteiger partial charge >= 0.3 is 0 Å². The molecule has 22 heavy (non-hydrogen) atoms. The summed E-state index contributed by atoms with van der Waals surface area (Å²) in [6.07, 6.45) is 5.01. The average molecular weight is 293 g/mol. The fraction of sp³-hybridized carbons (Fsp3) is 0.333. The van der Waals surface area contributed by atoms with Crippen LogP contribution in [-0.2, 0) is 4.74 Å². The van der Waals surface area contributed by atoms with Gasteiger partial charge in [-0.25, -0.2) is 0 Å². The summed E-state index contributed by atoms with van der Waals surface area (Å²) in [6.45, 7) is 4.44. The first-order valence-corrected chi connectivity index (χ1v) is 7.75. The smallest absolute Gasteiger partial charge is 0.0732 e. The summed E-state index contributed by atoms with van der Waals surface area (Å²) < 4.78 is 5.46. The van der Waals surface area contributed by atoms with Crippen LogP contribution in [0, 0.1) is 6.92 Å². The van der Waals surface area contributed by atoms with Crippen molar-refractivity contribution in [2.75, 3.05) is 25.1 Å². The van der Waals surface area contributed by atoms with Gasteiger partial charge in [0.1, 0.15) is 0 Å². The summed E-state index contributed by atoms with van der Waals surface area (Å²) in [6, 6.07) is 9.01. The van der Waals surface area contributed by atoms with Crippen LogP contribution < -0.4 is 5.32 Å². The summed E-state index contributed by atoms with van der Waals surface area (Å²) in [4.78, 5) is 8.96. The summed E-state index contributed by atoms with van der Waals surface area (Å²) in [5.74, 6) is 0. The van der Waals surface area contributed by atoms with Gasteiger partial charge in [0.2, 0.25) is 0 Å². The van der Waals surface area contributed by atoms with Gasteiger partial charge in [0.05, 0.1) is 24.7 Å². The second-order valence-electron chi connectivity index (χ2n) is 5.93. The van der Waals surface area contributed by atoms with E-state index in [1.54, 1.807) is 0 Å². The quantitative estimate of drug-likeness (QED) is 0.945. The minimum atomic E-state index is 0.399. The molecule has 4 nitrogen and oxygen atoms in total. The molecule has 1 unspecified atom stereocenters. The van der Waals surface area contributed by atoms with Crippen molar-refractivity contribution in [3.05, 3.63) is 41.6 Å². The lowest BCUT2D eigenvalue weighted by Crippen LogP contribution is -2.19. The Morgan fingerprint density at radius 1 is 1.27 bits per heavy atom. The Balaban J connectivity index is 1.73. The van der Waals surface area contributed by atoms with Crippen LogP contribution in [0.2, 0.25) is 0 Å². The van der Waals surface area contributed by atoms with Gasteiger partial charge in [-0.1, -0.05) is 12.1 Å². The van der Waals surface area contributed by atoms with E-state index in [4.69, 9.17) is 9.72 Å². The van der Waals surface area contributed by atoms with Crippen LogP contribution in [0.3, 0.4) is 0 Å². The standard InChI is InChI=1S/C18H19N3O/c1-12-8-17(21-15-5-7-22-11-15)16-3-2-13(9-18(16)20-12)14-4-6-19-10-14/h2-4,6,8-9,15H,5,7,10-11H2,1H3,(H,20,21). The Morgan fingerprint density at radius 2 is 2.23 bits per heavy atom. The number of aromatic nitrogens is 1. The van der Waals surface area contributed by atoms with Gasteiger partial charge in [-0.05, 0) is 42.7 Å². The summed E-state index contributed by atoms with van der Waals surface area (Å²) in [5, 5.41) is 4.78. The molecule has 0 spiro atoms. The Labute approximate surface area is 129 Å². The zero-order valence-corrected chi connectivity index (χ0v) is 12.7. The Bertz CT molecular complexity index is 773. The molecule has 2 aliphatic heterocycles. The summed E-state index contributed by atoms with van der Waals surface area (Å²) >= 11 is 0. The third-order valence-electron chi connectivity index (χ3n) is 4.24. The Kier molecular flexibility index (Phi) is 3.39. The zero-order chi connectivity index (χ0) is 14.9. The lowest BCUT2D eigenvalue weighted by atomic mass is 10.0. The molecule has 4 rings (SSSR count). The minimum absolute atomic E-state index is 0.399. The molecule has 1 aromatic carbocycles. The highest BCUT2D eigenvalue weighted by atomic mass is 16.5. The highest BCUT2D eigenvalue weighted by molar-refractivity contribution is 5.96. The fourth-order valence-corrected chi connectivity index (χ4v) is 3.08. The number of nitrogens with one attached hydrogen (secondary N) is 1. The van der Waals surface area contributed by atoms with Crippen molar-refractivity contribution in [3.63, 3.8) is 0 Å². The number of ether oxygens (including phenoxy) is 1. The van der Waals surface area contributed by atoms with Crippen LogP contribution in [-0.4, -0.2) is 37.0 Å². The van der Waals surface area contributed by atoms with E-state index in [0.717, 1.165) is 43.1 Å². The topological polar surface area (TPSA) is 46.5 Å². The maximum absolute atomic E-state index is 5.46. The number of hydrogen-bond acceptors (Lipinski definition) is 4. The van der Waals surface area contributed by atoms with Crippen LogP contribution in [0.4, 0.5) is 5.69 Å². The summed E-state index contributed by atoms with van der Waals surface area (Å²) in [7, 11) is 0. The second kappa shape index (κ2) is 5.54. The highest BCUT2D eigenvalue weighted by Crippen LogP contribution is 2.28. The van der Waals surface area contributed by atoms with Crippen LogP contribution in [0.15, 0.2) is 35.3 Å². The SMILES string of the molecule is Cc1cc(NC2CCOC2)c2ccc(C3=CC=NC3)cc2n1. The van der Waals surface area contributed by atoms with E-state index >= 15 is 0 Å². The molecule has 112 valence electrons. The normalized spacial score (nSPS) is 20.6. The number of rotatable bonds is 3. The molecule has 1 fully saturated rings. The zero-order valence-electron chi connectivity index (χ0n) is 12.7. The molecule has 0 bridgehead atoms. The van der Waals surface area contributed by atoms with Gasteiger partial charge in [0, 0.05) is 29.6 Å². The maximum Gasteiger partial charge on any atom is 0.0732 e. The average Bonchev–Trinajstić information content (AvgIpc) is 3.20. The van der Waals surface area contributed by atoms with Crippen molar-refractivity contribution in [1.29, 1.82) is 0 Å². The summed E-state index contributed by atoms with van der Waals surface area (Å²) in [5.41, 5.74) is 5.68. The van der Waals surface area contributed by atoms with Gasteiger partial charge in [-0.2, -0.15) is 0 Å². The number of nitrogens with zero attached hydrogens (tertiary/aromatic N) is 2. The van der Waals surface area contributed by atoms with E-state index in [2.05, 4.69) is 40.7 Å². The number of pyridine rings is 1. The molecule has 0 radical (unpaired) electrons. The van der Waals surface area contributed by atoms with E-state index in [1.807, 2.05) is 13.1 Å². The third-order valence-corrected chi connectivity index (χ3v) is 4.24. The first kappa shape index (κ1) is 13.5. The Morgan fingerprint density at radius 3 is 3.00 bits per heavy atom. The van der Waals surface area contributed by atoms with Crippen molar-refractivity contribution in [3.8, 4) is 0 Å². The highest BCUT2D eigenvalue weighted by Gasteiger charge is 2.17. The van der Waals surface area contributed by atoms with Gasteiger partial charge < -0.3 is 10.1 Å². The monoisotopic (exact) mass is 293 g/mol. The molecule has 4 heteroatoms. The molecule has 1 N–H and O–H groups in total. The van der Waals surface area contributed by atoms with Crippen molar-refractivity contribution in [1.82, 2.24) is 4.98 Å². The first-order chi connectivity index (χ1) is 10.8. The molecule has 1 atom stereocenters. The molecule has 0 amide bonds. The van der Waals surface area contributed by atoms with E-state index in [0.29, 0.717) is 6.04 Å². The predicted octanol–water partition coefficient (Wildman–Crippen LogP) is 3.21. The minimum Gasteiger partial charge on any atom is -0.379 e. The van der Waals surface area contributed by atoms with Crippen LogP contribution in [0.5, 0.6) is 0 Å². The van der Waals surface area contributed by atoms with Gasteiger partial charge in [0.15, 0.2) is 0 Å². The molecule has 2 aromatic rings. The molecule has 2 aliphatic rings.